The Morgan fingerprint density at radius 2 is 1.88 bits per heavy atom. The van der Waals surface area contributed by atoms with E-state index in [0.717, 1.165) is 18.9 Å². The van der Waals surface area contributed by atoms with E-state index in [1.807, 2.05) is 13.8 Å². The number of aryl methyl sites for hydroxylation is 1. The molecule has 0 amide bonds. The predicted octanol–water partition coefficient (Wildman–Crippen LogP) is 2.21. The van der Waals surface area contributed by atoms with Gasteiger partial charge in [-0.1, -0.05) is 13.8 Å². The van der Waals surface area contributed by atoms with Crippen molar-refractivity contribution in [2.45, 2.75) is 43.8 Å². The van der Waals surface area contributed by atoms with Gasteiger partial charge in [-0.15, -0.1) is 0 Å². The molecule has 1 aromatic rings. The largest absolute Gasteiger partial charge is 0.435 e. The van der Waals surface area contributed by atoms with E-state index in [2.05, 4.69) is 5.10 Å². The summed E-state index contributed by atoms with van der Waals surface area (Å²) < 4.78 is 39.0. The Kier molecular flexibility index (Phi) is 2.37. The smallest absolute Gasteiger partial charge is 0.324 e. The Bertz CT molecular complexity index is 441. The van der Waals surface area contributed by atoms with Crippen molar-refractivity contribution >= 4 is 0 Å². The van der Waals surface area contributed by atoms with Gasteiger partial charge in [0.2, 0.25) is 0 Å². The van der Waals surface area contributed by atoms with Gasteiger partial charge in [0.1, 0.15) is 0 Å². The van der Waals surface area contributed by atoms with E-state index in [-0.39, 0.29) is 0 Å². The molecular weight excluding hydrogens is 231 g/mol. The topological polar surface area (TPSA) is 43.8 Å². The second-order valence-electron chi connectivity index (χ2n) is 5.32. The van der Waals surface area contributed by atoms with E-state index >= 15 is 0 Å². The van der Waals surface area contributed by atoms with Crippen LogP contribution in [0.4, 0.5) is 13.2 Å². The molecule has 0 aromatic carbocycles. The van der Waals surface area contributed by atoms with Crippen LogP contribution in [0.3, 0.4) is 0 Å². The summed E-state index contributed by atoms with van der Waals surface area (Å²) in [6.07, 6.45) is -2.73. The summed E-state index contributed by atoms with van der Waals surface area (Å²) in [6.45, 7) is 3.74. The van der Waals surface area contributed by atoms with Crippen molar-refractivity contribution in [3.05, 3.63) is 17.5 Å². The van der Waals surface area contributed by atoms with Crippen LogP contribution < -0.4 is 5.73 Å². The lowest BCUT2D eigenvalue weighted by Crippen LogP contribution is -2.44. The average Bonchev–Trinajstić information content (AvgIpc) is 2.76. The van der Waals surface area contributed by atoms with E-state index in [0.29, 0.717) is 5.69 Å². The third-order valence-electron chi connectivity index (χ3n) is 3.84. The molecule has 1 aliphatic carbocycles. The van der Waals surface area contributed by atoms with Crippen LogP contribution in [-0.2, 0) is 18.6 Å². The highest BCUT2D eigenvalue weighted by Crippen LogP contribution is 2.49. The molecule has 0 spiro atoms. The Hall–Kier alpha value is -1.04. The number of nitrogens with two attached hydrogens (primary N) is 1. The van der Waals surface area contributed by atoms with Crippen molar-refractivity contribution < 1.29 is 13.2 Å². The van der Waals surface area contributed by atoms with E-state index in [1.54, 1.807) is 0 Å². The molecule has 1 fully saturated rings. The van der Waals surface area contributed by atoms with Gasteiger partial charge < -0.3 is 5.73 Å². The lowest BCUT2D eigenvalue weighted by molar-refractivity contribution is -0.141. The van der Waals surface area contributed by atoms with Gasteiger partial charge in [0.15, 0.2) is 5.69 Å². The van der Waals surface area contributed by atoms with Crippen molar-refractivity contribution in [1.82, 2.24) is 9.78 Å². The van der Waals surface area contributed by atoms with Crippen LogP contribution >= 0.6 is 0 Å². The van der Waals surface area contributed by atoms with Gasteiger partial charge in [-0.2, -0.15) is 18.3 Å². The first-order valence-corrected chi connectivity index (χ1v) is 5.48. The Morgan fingerprint density at radius 1 is 1.35 bits per heavy atom. The van der Waals surface area contributed by atoms with Gasteiger partial charge in [0.25, 0.3) is 0 Å². The predicted molar refractivity (Wildman–Crippen MR) is 57.4 cm³/mol. The number of hydrogen-bond donors (Lipinski definition) is 1. The maximum Gasteiger partial charge on any atom is 0.435 e. The van der Waals surface area contributed by atoms with Gasteiger partial charge >= 0.3 is 6.18 Å². The molecule has 17 heavy (non-hydrogen) atoms. The maximum atomic E-state index is 12.6. The summed E-state index contributed by atoms with van der Waals surface area (Å²) in [4.78, 5) is 0. The monoisotopic (exact) mass is 247 g/mol. The fraction of sp³-hybridized carbons (Fsp3) is 0.727. The highest BCUT2D eigenvalue weighted by atomic mass is 19.4. The number of halogens is 3. The molecule has 0 bridgehead atoms. The second kappa shape index (κ2) is 3.25. The minimum atomic E-state index is -4.41. The number of hydrogen-bond acceptors (Lipinski definition) is 2. The summed E-state index contributed by atoms with van der Waals surface area (Å²) in [5.74, 6) is 0. The summed E-state index contributed by atoms with van der Waals surface area (Å²) in [5.41, 5.74) is 4.90. The molecular formula is C11H16F3N3. The second-order valence-corrected chi connectivity index (χ2v) is 5.32. The van der Waals surface area contributed by atoms with Gasteiger partial charge in [-0.05, 0) is 18.9 Å². The molecule has 1 aliphatic rings. The minimum Gasteiger partial charge on any atom is -0.324 e. The van der Waals surface area contributed by atoms with Crippen LogP contribution in [0.1, 0.15) is 38.1 Å². The Balaban J connectivity index is 2.43. The van der Waals surface area contributed by atoms with Crippen molar-refractivity contribution in [3.8, 4) is 0 Å². The minimum absolute atomic E-state index is 0.399. The molecule has 1 saturated carbocycles. The molecule has 96 valence electrons. The molecule has 0 unspecified atom stereocenters. The maximum absolute atomic E-state index is 12.6. The van der Waals surface area contributed by atoms with Crippen LogP contribution in [-0.4, -0.2) is 15.3 Å². The number of nitrogens with zero attached hydrogens (tertiary/aromatic N) is 2. The molecule has 0 saturated heterocycles. The molecule has 0 radical (unpaired) electrons. The van der Waals surface area contributed by atoms with Gasteiger partial charge in [0, 0.05) is 23.7 Å². The van der Waals surface area contributed by atoms with E-state index < -0.39 is 22.8 Å². The zero-order chi connectivity index (χ0) is 13.1. The van der Waals surface area contributed by atoms with E-state index in [4.69, 9.17) is 5.73 Å². The van der Waals surface area contributed by atoms with Crippen molar-refractivity contribution in [2.75, 3.05) is 0 Å². The summed E-state index contributed by atoms with van der Waals surface area (Å²) in [5, 5.41) is 3.53. The fourth-order valence-corrected chi connectivity index (χ4v) is 2.21. The number of rotatable bonds is 2. The zero-order valence-electron chi connectivity index (χ0n) is 10.1. The molecule has 3 nitrogen and oxygen atoms in total. The molecule has 2 rings (SSSR count). The quantitative estimate of drug-likeness (QED) is 0.870. The normalized spacial score (nSPS) is 19.5. The summed E-state index contributed by atoms with van der Waals surface area (Å²) in [7, 11) is 1.53. The Labute approximate surface area is 97.8 Å². The molecule has 2 N–H and O–H groups in total. The third kappa shape index (κ3) is 1.84. The molecule has 1 heterocycles. The first-order chi connectivity index (χ1) is 7.58. The van der Waals surface area contributed by atoms with Crippen molar-refractivity contribution in [2.24, 2.45) is 12.8 Å². The van der Waals surface area contributed by atoms with Crippen LogP contribution in [0.15, 0.2) is 6.07 Å². The number of alkyl halides is 3. The zero-order valence-corrected chi connectivity index (χ0v) is 10.1. The molecule has 0 aliphatic heterocycles. The van der Waals surface area contributed by atoms with Crippen molar-refractivity contribution in [1.29, 1.82) is 0 Å². The lowest BCUT2D eigenvalue weighted by Gasteiger charge is -2.31. The molecule has 1 aromatic heterocycles. The van der Waals surface area contributed by atoms with Gasteiger partial charge in [-0.25, -0.2) is 0 Å². The lowest BCUT2D eigenvalue weighted by atomic mass is 9.79. The van der Waals surface area contributed by atoms with E-state index in [9.17, 15) is 13.2 Å². The SMILES string of the molecule is Cn1nc(C(F)(F)F)cc1C(C)(C)C1(N)CC1. The van der Waals surface area contributed by atoms with Crippen LogP contribution in [0.25, 0.3) is 0 Å². The van der Waals surface area contributed by atoms with Gasteiger partial charge in [0.05, 0.1) is 0 Å². The molecule has 0 atom stereocenters. The standard InChI is InChI=1S/C11H16F3N3/c1-9(2,10(15)4-5-10)8-6-7(11(12,13)14)16-17(8)3/h6H,4-5,15H2,1-3H3. The number of aromatic nitrogens is 2. The Morgan fingerprint density at radius 3 is 2.24 bits per heavy atom. The van der Waals surface area contributed by atoms with Crippen molar-refractivity contribution in [3.63, 3.8) is 0 Å². The third-order valence-corrected chi connectivity index (χ3v) is 3.84. The van der Waals surface area contributed by atoms with E-state index in [1.165, 1.54) is 11.7 Å². The fourth-order valence-electron chi connectivity index (χ4n) is 2.21. The highest BCUT2D eigenvalue weighted by molar-refractivity contribution is 5.29. The summed E-state index contributed by atoms with van der Waals surface area (Å²) in [6, 6.07) is 1.10. The van der Waals surface area contributed by atoms with Gasteiger partial charge in [-0.3, -0.25) is 4.68 Å². The molecule has 6 heteroatoms. The first-order valence-electron chi connectivity index (χ1n) is 5.48. The average molecular weight is 247 g/mol. The van der Waals surface area contributed by atoms with Crippen LogP contribution in [0, 0.1) is 0 Å². The highest BCUT2D eigenvalue weighted by Gasteiger charge is 2.53. The van der Waals surface area contributed by atoms with Crippen LogP contribution in [0.2, 0.25) is 0 Å². The first kappa shape index (κ1) is 12.4. The summed E-state index contributed by atoms with van der Waals surface area (Å²) >= 11 is 0. The van der Waals surface area contributed by atoms with Crippen LogP contribution in [0.5, 0.6) is 0 Å².